The Morgan fingerprint density at radius 2 is 1.67 bits per heavy atom. The summed E-state index contributed by atoms with van der Waals surface area (Å²) >= 11 is 0. The Kier molecular flexibility index (Phi) is 5.20. The molecule has 4 rings (SSSR count). The van der Waals surface area contributed by atoms with Crippen molar-refractivity contribution in [2.24, 2.45) is 4.99 Å². The van der Waals surface area contributed by atoms with Gasteiger partial charge in [0.15, 0.2) is 0 Å². The molecule has 0 amide bonds. The van der Waals surface area contributed by atoms with E-state index in [0.717, 1.165) is 36.8 Å². The van der Waals surface area contributed by atoms with Gasteiger partial charge in [0, 0.05) is 25.1 Å². The van der Waals surface area contributed by atoms with Crippen molar-refractivity contribution in [1.29, 1.82) is 0 Å². The molecule has 0 spiro atoms. The van der Waals surface area contributed by atoms with Crippen LogP contribution < -0.4 is 4.74 Å². The highest BCUT2D eigenvalue weighted by Crippen LogP contribution is 2.29. The molecule has 0 atom stereocenters. The van der Waals surface area contributed by atoms with Crippen LogP contribution in [0.1, 0.15) is 16.7 Å². The van der Waals surface area contributed by atoms with E-state index >= 15 is 0 Å². The third-order valence-electron chi connectivity index (χ3n) is 4.83. The molecule has 0 bridgehead atoms. The quantitative estimate of drug-likeness (QED) is 0.608. The van der Waals surface area contributed by atoms with Crippen LogP contribution in [0.5, 0.6) is 5.75 Å². The highest BCUT2D eigenvalue weighted by Gasteiger charge is 2.21. The molecule has 0 saturated carbocycles. The van der Waals surface area contributed by atoms with Gasteiger partial charge < -0.3 is 9.64 Å². The lowest BCUT2D eigenvalue weighted by Crippen LogP contribution is -2.33. The van der Waals surface area contributed by atoms with Crippen LogP contribution in [-0.4, -0.2) is 17.8 Å². The number of para-hydroxylation sites is 2. The molecule has 3 aromatic carbocycles. The van der Waals surface area contributed by atoms with Gasteiger partial charge in [-0.3, -0.25) is 0 Å². The molecule has 135 valence electrons. The van der Waals surface area contributed by atoms with Crippen molar-refractivity contribution in [3.05, 3.63) is 102 Å². The molecule has 0 fully saturated rings. The van der Waals surface area contributed by atoms with E-state index in [4.69, 9.17) is 9.73 Å². The van der Waals surface area contributed by atoms with Gasteiger partial charge in [0.25, 0.3) is 0 Å². The average molecular weight is 355 g/mol. The third kappa shape index (κ3) is 4.03. The third-order valence-corrected chi connectivity index (χ3v) is 4.83. The van der Waals surface area contributed by atoms with Crippen LogP contribution in [0.3, 0.4) is 0 Å². The van der Waals surface area contributed by atoms with Gasteiger partial charge in [0.1, 0.15) is 11.6 Å². The molecule has 0 unspecified atom stereocenters. The first kappa shape index (κ1) is 17.3. The van der Waals surface area contributed by atoms with Crippen molar-refractivity contribution in [3.8, 4) is 5.75 Å². The standard InChI is InChI=1S/C24H23N2O/c1-27-23-14-8-6-12-21(23)18-26-17-20-11-5-7-13-22(20)25-24(26)16-15-19-9-3-2-4-10-19/h2-14,16H,15,17-18H2,1H3. The first-order chi connectivity index (χ1) is 13.3. The van der Waals surface area contributed by atoms with Crippen LogP contribution in [-0.2, 0) is 19.5 Å². The minimum absolute atomic E-state index is 0.766. The monoisotopic (exact) mass is 355 g/mol. The van der Waals surface area contributed by atoms with Crippen molar-refractivity contribution >= 4 is 11.5 Å². The average Bonchev–Trinajstić information content (AvgIpc) is 2.73. The van der Waals surface area contributed by atoms with Crippen LogP contribution in [0.25, 0.3) is 0 Å². The largest absolute Gasteiger partial charge is 0.496 e. The number of methoxy groups -OCH3 is 1. The zero-order valence-electron chi connectivity index (χ0n) is 15.5. The van der Waals surface area contributed by atoms with Gasteiger partial charge in [-0.25, -0.2) is 4.99 Å². The molecular weight excluding hydrogens is 332 g/mol. The van der Waals surface area contributed by atoms with Gasteiger partial charge in [-0.2, -0.15) is 0 Å². The number of fused-ring (bicyclic) bond motifs is 1. The minimum atomic E-state index is 0.766. The fourth-order valence-electron chi connectivity index (χ4n) is 3.41. The van der Waals surface area contributed by atoms with Crippen molar-refractivity contribution in [2.45, 2.75) is 19.5 Å². The van der Waals surface area contributed by atoms with Crippen LogP contribution in [0, 0.1) is 6.42 Å². The van der Waals surface area contributed by atoms with Gasteiger partial charge >= 0.3 is 0 Å². The Balaban J connectivity index is 1.60. The lowest BCUT2D eigenvalue weighted by molar-refractivity contribution is 0.372. The summed E-state index contributed by atoms with van der Waals surface area (Å²) in [5.41, 5.74) is 4.77. The van der Waals surface area contributed by atoms with E-state index < -0.39 is 0 Å². The summed E-state index contributed by atoms with van der Waals surface area (Å²) in [6.45, 7) is 1.61. The van der Waals surface area contributed by atoms with Gasteiger partial charge in [0.05, 0.1) is 12.8 Å². The SMILES string of the molecule is COc1ccccc1CN1Cc2ccccc2N=C1[CH]Cc1ccccc1. The molecular formula is C24H23N2O. The molecule has 0 aliphatic carbocycles. The van der Waals surface area contributed by atoms with Crippen molar-refractivity contribution in [3.63, 3.8) is 0 Å². The normalized spacial score (nSPS) is 13.1. The summed E-state index contributed by atoms with van der Waals surface area (Å²) in [4.78, 5) is 7.26. The maximum Gasteiger partial charge on any atom is 0.123 e. The number of benzene rings is 3. The van der Waals surface area contributed by atoms with Gasteiger partial charge in [-0.1, -0.05) is 66.7 Å². The Hall–Kier alpha value is -3.07. The van der Waals surface area contributed by atoms with Crippen LogP contribution >= 0.6 is 0 Å². The fourth-order valence-corrected chi connectivity index (χ4v) is 3.41. The molecule has 0 aromatic heterocycles. The van der Waals surface area contributed by atoms with Crippen molar-refractivity contribution in [1.82, 2.24) is 4.90 Å². The number of ether oxygens (including phenoxy) is 1. The molecule has 0 saturated heterocycles. The summed E-state index contributed by atoms with van der Waals surface area (Å²) in [6, 6.07) is 27.1. The summed E-state index contributed by atoms with van der Waals surface area (Å²) < 4.78 is 5.54. The number of hydrogen-bond donors (Lipinski definition) is 0. The van der Waals surface area contributed by atoms with E-state index in [1.54, 1.807) is 7.11 Å². The van der Waals surface area contributed by atoms with Crippen LogP contribution in [0.15, 0.2) is 83.9 Å². The predicted molar refractivity (Wildman–Crippen MR) is 110 cm³/mol. The topological polar surface area (TPSA) is 24.8 Å². The second-order valence-corrected chi connectivity index (χ2v) is 6.66. The molecule has 1 aliphatic heterocycles. The maximum absolute atomic E-state index is 5.54. The first-order valence-electron chi connectivity index (χ1n) is 9.24. The van der Waals surface area contributed by atoms with Gasteiger partial charge in [0.2, 0.25) is 0 Å². The summed E-state index contributed by atoms with van der Waals surface area (Å²) in [6.07, 6.45) is 3.09. The Labute approximate surface area is 160 Å². The van der Waals surface area contributed by atoms with Gasteiger partial charge in [-0.05, 0) is 29.7 Å². The second-order valence-electron chi connectivity index (χ2n) is 6.66. The lowest BCUT2D eigenvalue weighted by Gasteiger charge is -2.31. The molecule has 1 aliphatic rings. The molecule has 1 radical (unpaired) electrons. The fraction of sp³-hybridized carbons (Fsp3) is 0.167. The molecule has 3 aromatic rings. The van der Waals surface area contributed by atoms with Gasteiger partial charge in [-0.15, -0.1) is 0 Å². The Morgan fingerprint density at radius 3 is 2.52 bits per heavy atom. The lowest BCUT2D eigenvalue weighted by atomic mass is 10.1. The minimum Gasteiger partial charge on any atom is -0.496 e. The van der Waals surface area contributed by atoms with Crippen LogP contribution in [0.4, 0.5) is 5.69 Å². The number of nitrogens with zero attached hydrogens (tertiary/aromatic N) is 2. The molecule has 3 nitrogen and oxygen atoms in total. The molecule has 3 heteroatoms. The molecule has 27 heavy (non-hydrogen) atoms. The number of hydrogen-bond acceptors (Lipinski definition) is 3. The van der Waals surface area contributed by atoms with E-state index in [-0.39, 0.29) is 0 Å². The van der Waals surface area contributed by atoms with E-state index in [0.29, 0.717) is 0 Å². The van der Waals surface area contributed by atoms with Crippen LogP contribution in [0.2, 0.25) is 0 Å². The highest BCUT2D eigenvalue weighted by atomic mass is 16.5. The van der Waals surface area contributed by atoms with Crippen molar-refractivity contribution < 1.29 is 4.74 Å². The zero-order valence-corrected chi connectivity index (χ0v) is 15.5. The highest BCUT2D eigenvalue weighted by molar-refractivity contribution is 5.94. The van der Waals surface area contributed by atoms with Crippen molar-refractivity contribution in [2.75, 3.05) is 7.11 Å². The maximum atomic E-state index is 5.54. The van der Waals surface area contributed by atoms with E-state index in [9.17, 15) is 0 Å². The number of amidine groups is 1. The first-order valence-corrected chi connectivity index (χ1v) is 9.24. The number of rotatable bonds is 6. The summed E-state index contributed by atoms with van der Waals surface area (Å²) in [7, 11) is 1.72. The van der Waals surface area contributed by atoms with E-state index in [1.807, 2.05) is 24.3 Å². The smallest absolute Gasteiger partial charge is 0.123 e. The predicted octanol–water partition coefficient (Wildman–Crippen LogP) is 5.19. The molecule has 0 N–H and O–H groups in total. The summed E-state index contributed by atoms with van der Waals surface area (Å²) in [5.74, 6) is 1.93. The Bertz CT molecular complexity index is 934. The second kappa shape index (κ2) is 8.09. The Morgan fingerprint density at radius 1 is 0.926 bits per heavy atom. The molecule has 1 heterocycles. The zero-order chi connectivity index (χ0) is 18.5. The summed E-state index contributed by atoms with van der Waals surface area (Å²) in [5, 5.41) is 0. The van der Waals surface area contributed by atoms with E-state index in [1.165, 1.54) is 16.7 Å². The van der Waals surface area contributed by atoms with E-state index in [2.05, 4.69) is 65.9 Å². The number of aliphatic imine (C=N–C) groups is 1.